The van der Waals surface area contributed by atoms with Gasteiger partial charge in [-0.05, 0) is 12.1 Å². The summed E-state index contributed by atoms with van der Waals surface area (Å²) in [5.41, 5.74) is 3.98. The molecule has 27 heavy (non-hydrogen) atoms. The van der Waals surface area contributed by atoms with Crippen molar-refractivity contribution in [1.82, 2.24) is 20.2 Å². The van der Waals surface area contributed by atoms with Gasteiger partial charge < -0.3 is 4.98 Å². The van der Waals surface area contributed by atoms with Gasteiger partial charge in [0, 0.05) is 17.3 Å². The van der Waals surface area contributed by atoms with E-state index in [1.165, 1.54) is 11.8 Å². The molecule has 0 bridgehead atoms. The Morgan fingerprint density at radius 3 is 2.11 bits per heavy atom. The lowest BCUT2D eigenvalue weighted by Crippen LogP contribution is -2.05. The van der Waals surface area contributed by atoms with Crippen molar-refractivity contribution in [3.63, 3.8) is 0 Å². The Labute approximate surface area is 160 Å². The molecule has 2 aromatic heterocycles. The summed E-state index contributed by atoms with van der Waals surface area (Å²) >= 11 is 1.29. The molecule has 0 unspecified atom stereocenters. The number of benzene rings is 2. The second-order valence-electron chi connectivity index (χ2n) is 5.82. The fourth-order valence-corrected chi connectivity index (χ4v) is 3.34. The van der Waals surface area contributed by atoms with Crippen LogP contribution in [-0.4, -0.2) is 31.7 Å². The summed E-state index contributed by atoms with van der Waals surface area (Å²) in [6, 6.07) is 23.3. The van der Waals surface area contributed by atoms with E-state index in [1.54, 1.807) is 18.3 Å². The summed E-state index contributed by atoms with van der Waals surface area (Å²) in [6.07, 6.45) is 1.73. The van der Waals surface area contributed by atoms with Gasteiger partial charge in [0.15, 0.2) is 5.78 Å². The number of Topliss-reactive ketones (excluding diaryl/α,β-unsaturated/α-hetero) is 1. The first-order valence-electron chi connectivity index (χ1n) is 8.46. The fraction of sp³-hybridized carbons (Fsp3) is 0.0476. The molecule has 132 valence electrons. The van der Waals surface area contributed by atoms with Crippen LogP contribution in [-0.2, 0) is 0 Å². The number of rotatable bonds is 6. The molecule has 0 atom stereocenters. The number of ketones is 1. The van der Waals surface area contributed by atoms with E-state index in [0.717, 1.165) is 22.5 Å². The number of nitrogens with one attached hydrogen (secondary N) is 1. The minimum absolute atomic E-state index is 0.00185. The van der Waals surface area contributed by atoms with Gasteiger partial charge in [0.05, 0.1) is 11.4 Å². The Bertz CT molecular complexity index is 1030. The molecule has 4 aromatic rings. The van der Waals surface area contributed by atoms with Crippen LogP contribution in [0.2, 0.25) is 0 Å². The zero-order valence-electron chi connectivity index (χ0n) is 14.4. The molecule has 0 amide bonds. The van der Waals surface area contributed by atoms with E-state index < -0.39 is 0 Å². The van der Waals surface area contributed by atoms with Crippen LogP contribution >= 0.6 is 11.8 Å². The molecular weight excluding hydrogens is 356 g/mol. The van der Waals surface area contributed by atoms with Crippen molar-refractivity contribution in [3.8, 4) is 22.5 Å². The van der Waals surface area contributed by atoms with Crippen molar-refractivity contribution in [1.29, 1.82) is 0 Å². The first-order valence-corrected chi connectivity index (χ1v) is 9.45. The molecule has 5 nitrogen and oxygen atoms in total. The highest BCUT2D eigenvalue weighted by atomic mass is 32.2. The maximum Gasteiger partial charge on any atom is 0.210 e. The Hall–Kier alpha value is -3.25. The van der Waals surface area contributed by atoms with E-state index >= 15 is 0 Å². The van der Waals surface area contributed by atoms with Crippen molar-refractivity contribution in [2.75, 3.05) is 5.75 Å². The number of aromatic nitrogens is 4. The quantitative estimate of drug-likeness (QED) is 0.398. The molecule has 0 saturated heterocycles. The third-order valence-electron chi connectivity index (χ3n) is 3.99. The maximum absolute atomic E-state index is 12.2. The molecule has 0 fully saturated rings. The third kappa shape index (κ3) is 3.96. The predicted octanol–water partition coefficient (Wildman–Crippen LogP) is 4.51. The zero-order chi connectivity index (χ0) is 18.5. The van der Waals surface area contributed by atoms with Gasteiger partial charge in [-0.2, -0.15) is 0 Å². The molecule has 4 rings (SSSR count). The zero-order valence-corrected chi connectivity index (χ0v) is 15.2. The number of carbonyl (C=O) groups excluding carboxylic acids is 1. The van der Waals surface area contributed by atoms with Crippen LogP contribution < -0.4 is 0 Å². The van der Waals surface area contributed by atoms with Crippen LogP contribution in [0.5, 0.6) is 0 Å². The van der Waals surface area contributed by atoms with Crippen LogP contribution in [0.15, 0.2) is 84.1 Å². The second kappa shape index (κ2) is 7.97. The van der Waals surface area contributed by atoms with E-state index in [4.69, 9.17) is 4.98 Å². The van der Waals surface area contributed by atoms with Crippen molar-refractivity contribution in [2.24, 2.45) is 0 Å². The van der Waals surface area contributed by atoms with Gasteiger partial charge in [-0.1, -0.05) is 72.4 Å². The van der Waals surface area contributed by atoms with Gasteiger partial charge in [-0.3, -0.25) is 4.79 Å². The van der Waals surface area contributed by atoms with Crippen LogP contribution in [0, 0.1) is 0 Å². The van der Waals surface area contributed by atoms with E-state index in [-0.39, 0.29) is 11.5 Å². The average Bonchev–Trinajstić information content (AvgIpc) is 3.28. The molecule has 0 radical (unpaired) electrons. The molecule has 0 saturated carbocycles. The molecular formula is C21H16N4OS. The van der Waals surface area contributed by atoms with Gasteiger partial charge >= 0.3 is 0 Å². The highest BCUT2D eigenvalue weighted by molar-refractivity contribution is 7.99. The normalized spacial score (nSPS) is 10.7. The summed E-state index contributed by atoms with van der Waals surface area (Å²) in [6.45, 7) is 0. The van der Waals surface area contributed by atoms with Gasteiger partial charge in [-0.15, -0.1) is 10.2 Å². The highest BCUT2D eigenvalue weighted by Gasteiger charge is 2.15. The number of thioether (sulfide) groups is 1. The van der Waals surface area contributed by atoms with E-state index in [2.05, 4.69) is 15.2 Å². The van der Waals surface area contributed by atoms with Crippen LogP contribution in [0.25, 0.3) is 22.5 Å². The Morgan fingerprint density at radius 1 is 0.815 bits per heavy atom. The lowest BCUT2D eigenvalue weighted by atomic mass is 10.0. The fourth-order valence-electron chi connectivity index (χ4n) is 2.67. The summed E-state index contributed by atoms with van der Waals surface area (Å²) < 4.78 is 0. The van der Waals surface area contributed by atoms with Gasteiger partial charge in [0.1, 0.15) is 11.4 Å². The largest absolute Gasteiger partial charge is 0.359 e. The number of nitrogens with zero attached hydrogens (tertiary/aromatic N) is 3. The SMILES string of the molecule is O=C(CSc1nnc(-c2ccccc2)c(-c2ccccc2)n1)c1ccc[nH]1. The minimum Gasteiger partial charge on any atom is -0.359 e. The standard InChI is InChI=1S/C21H16N4OS/c26-18(17-12-7-13-22-17)14-27-21-23-19(15-8-3-1-4-9-15)20(24-25-21)16-10-5-2-6-11-16/h1-13,22H,14H2. The van der Waals surface area contributed by atoms with Gasteiger partial charge in [-0.25, -0.2) is 4.98 Å². The molecule has 0 spiro atoms. The third-order valence-corrected chi connectivity index (χ3v) is 4.83. The molecule has 0 aliphatic carbocycles. The number of carbonyl (C=O) groups is 1. The van der Waals surface area contributed by atoms with Crippen molar-refractivity contribution >= 4 is 17.5 Å². The van der Waals surface area contributed by atoms with Crippen LogP contribution in [0.4, 0.5) is 0 Å². The van der Waals surface area contributed by atoms with E-state index in [0.29, 0.717) is 10.9 Å². The second-order valence-corrected chi connectivity index (χ2v) is 6.76. The lowest BCUT2D eigenvalue weighted by molar-refractivity contribution is 0.101. The summed E-state index contributed by atoms with van der Waals surface area (Å²) in [7, 11) is 0. The number of H-pyrrole nitrogens is 1. The molecule has 2 heterocycles. The first kappa shape index (κ1) is 17.2. The summed E-state index contributed by atoms with van der Waals surface area (Å²) in [4.78, 5) is 19.8. The number of hydrogen-bond acceptors (Lipinski definition) is 5. The van der Waals surface area contributed by atoms with Crippen molar-refractivity contribution in [2.45, 2.75) is 5.16 Å². The van der Waals surface area contributed by atoms with Crippen molar-refractivity contribution < 1.29 is 4.79 Å². The number of aromatic amines is 1. The van der Waals surface area contributed by atoms with Crippen LogP contribution in [0.3, 0.4) is 0 Å². The Morgan fingerprint density at radius 2 is 1.48 bits per heavy atom. The maximum atomic E-state index is 12.2. The Balaban J connectivity index is 1.66. The van der Waals surface area contributed by atoms with E-state index in [9.17, 15) is 4.79 Å². The smallest absolute Gasteiger partial charge is 0.210 e. The minimum atomic E-state index is 0.00185. The van der Waals surface area contributed by atoms with Crippen LogP contribution in [0.1, 0.15) is 10.5 Å². The topological polar surface area (TPSA) is 71.5 Å². The first-order chi connectivity index (χ1) is 13.3. The average molecular weight is 372 g/mol. The van der Waals surface area contributed by atoms with Gasteiger partial charge in [0.25, 0.3) is 0 Å². The number of hydrogen-bond donors (Lipinski definition) is 1. The molecule has 1 N–H and O–H groups in total. The highest BCUT2D eigenvalue weighted by Crippen LogP contribution is 2.29. The lowest BCUT2D eigenvalue weighted by Gasteiger charge is -2.09. The summed E-state index contributed by atoms with van der Waals surface area (Å²) in [5.74, 6) is 0.253. The molecule has 0 aliphatic rings. The molecule has 2 aromatic carbocycles. The van der Waals surface area contributed by atoms with Gasteiger partial charge in [0.2, 0.25) is 5.16 Å². The predicted molar refractivity (Wildman–Crippen MR) is 107 cm³/mol. The molecule has 0 aliphatic heterocycles. The van der Waals surface area contributed by atoms with Crippen molar-refractivity contribution in [3.05, 3.63) is 84.7 Å². The Kier molecular flexibility index (Phi) is 5.07. The molecule has 6 heteroatoms. The monoisotopic (exact) mass is 372 g/mol. The van der Waals surface area contributed by atoms with E-state index in [1.807, 2.05) is 60.7 Å². The summed E-state index contributed by atoms with van der Waals surface area (Å²) in [5, 5.41) is 9.13.